The van der Waals surface area contributed by atoms with Gasteiger partial charge in [-0.1, -0.05) is 24.3 Å². The molecule has 4 rings (SSSR count). The third-order valence-electron chi connectivity index (χ3n) is 4.24. The van der Waals surface area contributed by atoms with E-state index in [-0.39, 0.29) is 6.79 Å². The summed E-state index contributed by atoms with van der Waals surface area (Å²) in [6, 6.07) is 15.9. The molecule has 7 nitrogen and oxygen atoms in total. The van der Waals surface area contributed by atoms with Gasteiger partial charge in [-0.05, 0) is 29.8 Å². The van der Waals surface area contributed by atoms with E-state index in [1.54, 1.807) is 7.05 Å². The van der Waals surface area contributed by atoms with Crippen molar-refractivity contribution >= 4 is 5.96 Å². The maximum atomic E-state index is 5.41. The van der Waals surface area contributed by atoms with Crippen molar-refractivity contribution in [2.24, 2.45) is 4.99 Å². The van der Waals surface area contributed by atoms with Gasteiger partial charge < -0.3 is 20.1 Å². The Bertz CT molecular complexity index is 937. The van der Waals surface area contributed by atoms with Crippen LogP contribution in [0.25, 0.3) is 5.69 Å². The third kappa shape index (κ3) is 4.03. The fourth-order valence-electron chi connectivity index (χ4n) is 2.82. The van der Waals surface area contributed by atoms with E-state index < -0.39 is 0 Å². The van der Waals surface area contributed by atoms with Crippen LogP contribution in [0.2, 0.25) is 0 Å². The number of nitrogens with zero attached hydrogens (tertiary/aromatic N) is 3. The monoisotopic (exact) mass is 363 g/mol. The van der Waals surface area contributed by atoms with Crippen LogP contribution < -0.4 is 20.1 Å². The first-order chi connectivity index (χ1) is 13.3. The summed E-state index contributed by atoms with van der Waals surface area (Å²) in [7, 11) is 1.75. The number of benzene rings is 2. The molecule has 1 aromatic heterocycles. The van der Waals surface area contributed by atoms with E-state index in [4.69, 9.17) is 9.47 Å². The number of ether oxygens (including phenoxy) is 2. The van der Waals surface area contributed by atoms with Gasteiger partial charge in [0.15, 0.2) is 17.5 Å². The molecule has 0 aliphatic carbocycles. The quantitative estimate of drug-likeness (QED) is 0.538. The molecule has 0 atom stereocenters. The van der Waals surface area contributed by atoms with Crippen molar-refractivity contribution in [3.8, 4) is 17.2 Å². The molecule has 0 unspecified atom stereocenters. The van der Waals surface area contributed by atoms with Crippen molar-refractivity contribution in [1.82, 2.24) is 20.4 Å². The highest BCUT2D eigenvalue weighted by Crippen LogP contribution is 2.32. The van der Waals surface area contributed by atoms with E-state index in [2.05, 4.69) is 20.7 Å². The summed E-state index contributed by atoms with van der Waals surface area (Å²) in [5.74, 6) is 2.29. The summed E-state index contributed by atoms with van der Waals surface area (Å²) in [5, 5.41) is 11.0. The van der Waals surface area contributed by atoms with Crippen LogP contribution in [0.1, 0.15) is 11.1 Å². The smallest absolute Gasteiger partial charge is 0.231 e. The van der Waals surface area contributed by atoms with E-state index in [9.17, 15) is 0 Å². The highest BCUT2D eigenvalue weighted by atomic mass is 16.7. The van der Waals surface area contributed by atoms with E-state index in [0.29, 0.717) is 13.1 Å². The van der Waals surface area contributed by atoms with Gasteiger partial charge >= 0.3 is 0 Å². The lowest BCUT2D eigenvalue weighted by atomic mass is 10.2. The molecule has 0 amide bonds. The highest BCUT2D eigenvalue weighted by Gasteiger charge is 2.13. The van der Waals surface area contributed by atoms with Crippen molar-refractivity contribution in [2.45, 2.75) is 13.1 Å². The van der Waals surface area contributed by atoms with Crippen LogP contribution in [-0.2, 0) is 13.1 Å². The molecule has 2 N–H and O–H groups in total. The van der Waals surface area contributed by atoms with Gasteiger partial charge in [0, 0.05) is 31.9 Å². The summed E-state index contributed by atoms with van der Waals surface area (Å²) in [6.07, 6.45) is 3.86. The van der Waals surface area contributed by atoms with Gasteiger partial charge in [-0.15, -0.1) is 0 Å². The van der Waals surface area contributed by atoms with Crippen LogP contribution in [0.3, 0.4) is 0 Å². The summed E-state index contributed by atoms with van der Waals surface area (Å²) in [5.41, 5.74) is 3.21. The standard InChI is InChI=1S/C20H21N5O2/c1-21-20(22-10-15-7-8-18-19(9-15)27-14-26-18)23-11-16-12-24-25(13-16)17-5-3-2-4-6-17/h2-9,12-13H,10-11,14H2,1H3,(H2,21,22,23). The number of aliphatic imine (C=N–C) groups is 1. The van der Waals surface area contributed by atoms with Crippen molar-refractivity contribution in [3.63, 3.8) is 0 Å². The van der Waals surface area contributed by atoms with Crippen molar-refractivity contribution in [1.29, 1.82) is 0 Å². The second kappa shape index (κ2) is 7.82. The maximum absolute atomic E-state index is 5.41. The van der Waals surface area contributed by atoms with Crippen LogP contribution in [0, 0.1) is 0 Å². The Morgan fingerprint density at radius 3 is 2.63 bits per heavy atom. The molecular weight excluding hydrogens is 342 g/mol. The number of aromatic nitrogens is 2. The predicted molar refractivity (Wildman–Crippen MR) is 103 cm³/mol. The van der Waals surface area contributed by atoms with Gasteiger partial charge in [-0.25, -0.2) is 4.68 Å². The minimum Gasteiger partial charge on any atom is -0.454 e. The molecule has 2 aromatic carbocycles. The average Bonchev–Trinajstić information content (AvgIpc) is 3.38. The number of hydrogen-bond donors (Lipinski definition) is 2. The van der Waals surface area contributed by atoms with Gasteiger partial charge in [-0.3, -0.25) is 4.99 Å². The highest BCUT2D eigenvalue weighted by molar-refractivity contribution is 5.79. The lowest BCUT2D eigenvalue weighted by molar-refractivity contribution is 0.174. The molecule has 0 radical (unpaired) electrons. The Balaban J connectivity index is 1.31. The first kappa shape index (κ1) is 17.0. The summed E-state index contributed by atoms with van der Waals surface area (Å²) in [6.45, 7) is 1.55. The average molecular weight is 363 g/mol. The molecule has 0 fully saturated rings. The number of guanidine groups is 1. The minimum absolute atomic E-state index is 0.284. The Labute approximate surface area is 157 Å². The van der Waals surface area contributed by atoms with Gasteiger partial charge in [0.2, 0.25) is 6.79 Å². The molecule has 0 saturated heterocycles. The summed E-state index contributed by atoms with van der Waals surface area (Å²) < 4.78 is 12.6. The first-order valence-corrected chi connectivity index (χ1v) is 8.74. The lowest BCUT2D eigenvalue weighted by Gasteiger charge is -2.11. The Kier molecular flexibility index (Phi) is 4.91. The Morgan fingerprint density at radius 2 is 1.81 bits per heavy atom. The zero-order chi connectivity index (χ0) is 18.5. The van der Waals surface area contributed by atoms with Gasteiger partial charge in [0.1, 0.15) is 0 Å². The molecule has 0 spiro atoms. The molecular formula is C20H21N5O2. The van der Waals surface area contributed by atoms with E-state index in [1.807, 2.05) is 65.6 Å². The molecule has 27 heavy (non-hydrogen) atoms. The molecule has 138 valence electrons. The number of rotatable bonds is 5. The molecule has 0 bridgehead atoms. The molecule has 0 saturated carbocycles. The molecule has 2 heterocycles. The van der Waals surface area contributed by atoms with Crippen LogP contribution >= 0.6 is 0 Å². The Hall–Kier alpha value is -3.48. The van der Waals surface area contributed by atoms with Crippen molar-refractivity contribution in [3.05, 3.63) is 72.1 Å². The van der Waals surface area contributed by atoms with E-state index >= 15 is 0 Å². The summed E-state index contributed by atoms with van der Waals surface area (Å²) >= 11 is 0. The topological polar surface area (TPSA) is 72.7 Å². The van der Waals surface area contributed by atoms with Crippen LogP contribution in [0.15, 0.2) is 65.9 Å². The van der Waals surface area contributed by atoms with Crippen molar-refractivity contribution in [2.75, 3.05) is 13.8 Å². The Morgan fingerprint density at radius 1 is 1.04 bits per heavy atom. The minimum atomic E-state index is 0.284. The molecule has 1 aliphatic rings. The molecule has 1 aliphatic heterocycles. The first-order valence-electron chi connectivity index (χ1n) is 8.74. The van der Waals surface area contributed by atoms with Crippen LogP contribution in [0.4, 0.5) is 0 Å². The van der Waals surface area contributed by atoms with Gasteiger partial charge in [0.25, 0.3) is 0 Å². The second-order valence-electron chi connectivity index (χ2n) is 6.10. The third-order valence-corrected chi connectivity index (χ3v) is 4.24. The SMILES string of the molecule is CN=C(NCc1ccc2c(c1)OCO2)NCc1cnn(-c2ccccc2)c1. The summed E-state index contributed by atoms with van der Waals surface area (Å²) in [4.78, 5) is 4.27. The van der Waals surface area contributed by atoms with Gasteiger partial charge in [-0.2, -0.15) is 5.10 Å². The number of hydrogen-bond acceptors (Lipinski definition) is 4. The fourth-order valence-corrected chi connectivity index (χ4v) is 2.82. The molecule has 3 aromatic rings. The fraction of sp³-hybridized carbons (Fsp3) is 0.200. The van der Waals surface area contributed by atoms with Crippen molar-refractivity contribution < 1.29 is 9.47 Å². The van der Waals surface area contributed by atoms with Gasteiger partial charge in [0.05, 0.1) is 11.9 Å². The number of nitrogens with one attached hydrogen (secondary N) is 2. The lowest BCUT2D eigenvalue weighted by Crippen LogP contribution is -2.36. The number of para-hydroxylation sites is 1. The predicted octanol–water partition coefficient (Wildman–Crippen LogP) is 2.47. The largest absolute Gasteiger partial charge is 0.454 e. The maximum Gasteiger partial charge on any atom is 0.231 e. The van der Waals surface area contributed by atoms with E-state index in [1.165, 1.54) is 0 Å². The number of fused-ring (bicyclic) bond motifs is 1. The normalized spacial score (nSPS) is 12.9. The van der Waals surface area contributed by atoms with Crippen LogP contribution in [0.5, 0.6) is 11.5 Å². The van der Waals surface area contributed by atoms with E-state index in [0.717, 1.165) is 34.3 Å². The zero-order valence-electron chi connectivity index (χ0n) is 15.1. The molecule has 7 heteroatoms. The van der Waals surface area contributed by atoms with Crippen LogP contribution in [-0.4, -0.2) is 29.6 Å². The second-order valence-corrected chi connectivity index (χ2v) is 6.10. The zero-order valence-corrected chi connectivity index (χ0v) is 15.1.